The minimum atomic E-state index is -3.43. The highest BCUT2D eigenvalue weighted by Crippen LogP contribution is 2.39. The zero-order valence-electron chi connectivity index (χ0n) is 20.8. The van der Waals surface area contributed by atoms with Crippen molar-refractivity contribution in [3.05, 3.63) is 29.3 Å². The number of ether oxygens (including phenoxy) is 2. The molecule has 1 saturated carbocycles. The number of nitrogens with zero attached hydrogens (tertiary/aromatic N) is 2. The summed E-state index contributed by atoms with van der Waals surface area (Å²) in [6.07, 6.45) is 3.97. The predicted octanol–water partition coefficient (Wildman–Crippen LogP) is 3.64. The van der Waals surface area contributed by atoms with Gasteiger partial charge in [0.1, 0.15) is 5.60 Å². The standard InChI is InChI=1S/C25H36F2N2O6S/c1-25(7-8-25)35-24(31)28-9-3-18(4-10-28)17-34-23-21(26)15-20(16-22(23)27)19-5-11-29(12-6-19)36(32,33)14-2-13-30/h15-16,18-19,30H,2-14,17H2,1H3. The number of halogens is 2. The van der Waals surface area contributed by atoms with Crippen molar-refractivity contribution in [1.82, 2.24) is 9.21 Å². The summed E-state index contributed by atoms with van der Waals surface area (Å²) in [5.41, 5.74) is 0.189. The van der Waals surface area contributed by atoms with Gasteiger partial charge in [0.05, 0.1) is 12.4 Å². The van der Waals surface area contributed by atoms with Crippen molar-refractivity contribution >= 4 is 16.1 Å². The van der Waals surface area contributed by atoms with Gasteiger partial charge in [-0.15, -0.1) is 0 Å². The Hall–Kier alpha value is -1.98. The molecule has 3 aliphatic rings. The topological polar surface area (TPSA) is 96.4 Å². The third-order valence-corrected chi connectivity index (χ3v) is 9.48. The van der Waals surface area contributed by atoms with Crippen LogP contribution in [-0.4, -0.2) is 79.6 Å². The van der Waals surface area contributed by atoms with Gasteiger partial charge in [-0.05, 0) is 81.4 Å². The molecule has 1 aliphatic carbocycles. The average Bonchev–Trinajstić information content (AvgIpc) is 3.58. The first-order valence-electron chi connectivity index (χ1n) is 12.8. The molecule has 1 amide bonds. The first-order valence-corrected chi connectivity index (χ1v) is 14.4. The van der Waals surface area contributed by atoms with Gasteiger partial charge < -0.3 is 19.5 Å². The van der Waals surface area contributed by atoms with E-state index in [2.05, 4.69) is 0 Å². The summed E-state index contributed by atoms with van der Waals surface area (Å²) in [5, 5.41) is 8.89. The average molecular weight is 531 g/mol. The number of hydrogen-bond acceptors (Lipinski definition) is 6. The molecular weight excluding hydrogens is 494 g/mol. The molecule has 0 aromatic heterocycles. The lowest BCUT2D eigenvalue weighted by Gasteiger charge is -2.32. The minimum Gasteiger partial charge on any atom is -0.487 e. The van der Waals surface area contributed by atoms with Crippen LogP contribution in [0.5, 0.6) is 5.75 Å². The first-order chi connectivity index (χ1) is 17.1. The van der Waals surface area contributed by atoms with Crippen LogP contribution in [0, 0.1) is 17.6 Å². The summed E-state index contributed by atoms with van der Waals surface area (Å²) in [6.45, 7) is 3.53. The largest absolute Gasteiger partial charge is 0.487 e. The summed E-state index contributed by atoms with van der Waals surface area (Å²) < 4.78 is 66.6. The lowest BCUT2D eigenvalue weighted by molar-refractivity contribution is 0.0453. The lowest BCUT2D eigenvalue weighted by atomic mass is 9.90. The van der Waals surface area contributed by atoms with Gasteiger partial charge in [-0.1, -0.05) is 0 Å². The van der Waals surface area contributed by atoms with Crippen molar-refractivity contribution in [1.29, 1.82) is 0 Å². The Balaban J connectivity index is 1.26. The summed E-state index contributed by atoms with van der Waals surface area (Å²) in [7, 11) is -3.43. The summed E-state index contributed by atoms with van der Waals surface area (Å²) in [6, 6.07) is 2.58. The van der Waals surface area contributed by atoms with Crippen LogP contribution in [0.1, 0.15) is 63.4 Å². The second-order valence-electron chi connectivity index (χ2n) is 10.4. The Bertz CT molecular complexity index is 1010. The molecule has 2 heterocycles. The number of hydrogen-bond donors (Lipinski definition) is 1. The van der Waals surface area contributed by atoms with Gasteiger partial charge in [0.2, 0.25) is 10.0 Å². The van der Waals surface area contributed by atoms with Crippen LogP contribution in [0.25, 0.3) is 0 Å². The number of aliphatic hydroxyl groups excluding tert-OH is 1. The van der Waals surface area contributed by atoms with Crippen LogP contribution in [0.2, 0.25) is 0 Å². The molecule has 1 aromatic carbocycles. The highest BCUT2D eigenvalue weighted by molar-refractivity contribution is 7.89. The van der Waals surface area contributed by atoms with Gasteiger partial charge in [-0.25, -0.2) is 26.3 Å². The normalized spacial score (nSPS) is 21.4. The maximum Gasteiger partial charge on any atom is 0.410 e. The van der Waals surface area contributed by atoms with Gasteiger partial charge in [0.15, 0.2) is 17.4 Å². The van der Waals surface area contributed by atoms with Gasteiger partial charge >= 0.3 is 6.09 Å². The quantitative estimate of drug-likeness (QED) is 0.524. The molecule has 36 heavy (non-hydrogen) atoms. The van der Waals surface area contributed by atoms with E-state index in [1.807, 2.05) is 6.92 Å². The molecule has 0 radical (unpaired) electrons. The maximum atomic E-state index is 14.8. The van der Waals surface area contributed by atoms with E-state index in [0.29, 0.717) is 44.3 Å². The van der Waals surface area contributed by atoms with Crippen molar-refractivity contribution < 1.29 is 36.6 Å². The highest BCUT2D eigenvalue weighted by atomic mass is 32.2. The second kappa shape index (κ2) is 11.2. The van der Waals surface area contributed by atoms with E-state index < -0.39 is 27.4 Å². The Labute approximate surface area is 211 Å². The van der Waals surface area contributed by atoms with E-state index in [0.717, 1.165) is 12.8 Å². The Morgan fingerprint density at radius 3 is 2.25 bits per heavy atom. The Morgan fingerprint density at radius 1 is 1.08 bits per heavy atom. The molecule has 1 N–H and O–H groups in total. The van der Waals surface area contributed by atoms with Crippen molar-refractivity contribution in [2.24, 2.45) is 5.92 Å². The molecule has 8 nitrogen and oxygen atoms in total. The lowest BCUT2D eigenvalue weighted by Crippen LogP contribution is -2.41. The molecule has 4 rings (SSSR count). The van der Waals surface area contributed by atoms with Gasteiger partial charge in [0, 0.05) is 32.8 Å². The number of sulfonamides is 1. The van der Waals surface area contributed by atoms with Crippen LogP contribution >= 0.6 is 0 Å². The number of carbonyl (C=O) groups excluding carboxylic acids is 1. The number of benzene rings is 1. The predicted molar refractivity (Wildman–Crippen MR) is 129 cm³/mol. The van der Waals surface area contributed by atoms with E-state index in [1.54, 1.807) is 4.90 Å². The van der Waals surface area contributed by atoms with Crippen LogP contribution in [-0.2, 0) is 14.8 Å². The molecule has 0 unspecified atom stereocenters. The molecule has 0 spiro atoms. The van der Waals surface area contributed by atoms with Gasteiger partial charge in [-0.2, -0.15) is 0 Å². The van der Waals surface area contributed by atoms with E-state index in [-0.39, 0.29) is 62.0 Å². The molecule has 0 bridgehead atoms. The molecule has 11 heteroatoms. The number of rotatable bonds is 9. The summed E-state index contributed by atoms with van der Waals surface area (Å²) in [4.78, 5) is 13.9. The Kier molecular flexibility index (Phi) is 8.41. The third-order valence-electron chi connectivity index (χ3n) is 7.52. The summed E-state index contributed by atoms with van der Waals surface area (Å²) in [5.74, 6) is -2.09. The molecule has 202 valence electrons. The van der Waals surface area contributed by atoms with Gasteiger partial charge in [0.25, 0.3) is 0 Å². The zero-order valence-corrected chi connectivity index (χ0v) is 21.6. The van der Waals surface area contributed by atoms with Crippen LogP contribution < -0.4 is 4.74 Å². The highest BCUT2D eigenvalue weighted by Gasteiger charge is 2.43. The molecule has 2 saturated heterocycles. The second-order valence-corrected chi connectivity index (χ2v) is 12.5. The maximum absolute atomic E-state index is 14.8. The van der Waals surface area contributed by atoms with Crippen LogP contribution in [0.15, 0.2) is 12.1 Å². The summed E-state index contributed by atoms with van der Waals surface area (Å²) >= 11 is 0. The van der Waals surface area contributed by atoms with Crippen molar-refractivity contribution in [3.8, 4) is 5.75 Å². The first kappa shape index (κ1) is 27.1. The smallest absolute Gasteiger partial charge is 0.410 e. The zero-order chi connectivity index (χ0) is 25.9. The van der Waals surface area contributed by atoms with E-state index >= 15 is 0 Å². The number of aliphatic hydroxyl groups is 1. The number of likely N-dealkylation sites (tertiary alicyclic amines) is 1. The molecule has 0 atom stereocenters. The number of amides is 1. The SMILES string of the molecule is CC1(OC(=O)N2CCC(COc3c(F)cc(C4CCN(S(=O)(=O)CCCO)CC4)cc3F)CC2)CC1. The van der Waals surface area contributed by atoms with Crippen LogP contribution in [0.3, 0.4) is 0 Å². The minimum absolute atomic E-state index is 0.0844. The van der Waals surface area contributed by atoms with Crippen molar-refractivity contribution in [2.45, 2.75) is 63.4 Å². The van der Waals surface area contributed by atoms with Crippen molar-refractivity contribution in [2.75, 3.05) is 45.1 Å². The van der Waals surface area contributed by atoms with Gasteiger partial charge in [-0.3, -0.25) is 0 Å². The monoisotopic (exact) mass is 530 g/mol. The van der Waals surface area contributed by atoms with E-state index in [1.165, 1.54) is 16.4 Å². The van der Waals surface area contributed by atoms with E-state index in [9.17, 15) is 22.0 Å². The molecule has 1 aromatic rings. The number of piperidine rings is 2. The fourth-order valence-corrected chi connectivity index (χ4v) is 6.35. The molecule has 3 fully saturated rings. The fraction of sp³-hybridized carbons (Fsp3) is 0.720. The third kappa shape index (κ3) is 6.66. The molecular formula is C25H36F2N2O6S. The fourth-order valence-electron chi connectivity index (χ4n) is 4.83. The Morgan fingerprint density at radius 2 is 1.69 bits per heavy atom. The van der Waals surface area contributed by atoms with E-state index in [4.69, 9.17) is 14.6 Å². The molecule has 2 aliphatic heterocycles. The van der Waals surface area contributed by atoms with Crippen molar-refractivity contribution in [3.63, 3.8) is 0 Å². The van der Waals surface area contributed by atoms with Crippen LogP contribution in [0.4, 0.5) is 13.6 Å². The number of carbonyl (C=O) groups is 1.